The van der Waals surface area contributed by atoms with Crippen LogP contribution in [0.3, 0.4) is 0 Å². The summed E-state index contributed by atoms with van der Waals surface area (Å²) in [5, 5.41) is 10.2. The second kappa shape index (κ2) is 5.19. The van der Waals surface area contributed by atoms with E-state index in [0.717, 1.165) is 19.4 Å². The monoisotopic (exact) mass is 244 g/mol. The molecule has 3 heteroatoms. The SMILES string of the molecule is CC(C)(C)[Si](C)(C)OCC1CCCCC1O. The summed E-state index contributed by atoms with van der Waals surface area (Å²) < 4.78 is 6.18. The smallest absolute Gasteiger partial charge is 0.191 e. The van der Waals surface area contributed by atoms with Crippen LogP contribution in [0, 0.1) is 5.92 Å². The van der Waals surface area contributed by atoms with Crippen LogP contribution in [0.25, 0.3) is 0 Å². The highest BCUT2D eigenvalue weighted by atomic mass is 28.4. The summed E-state index contributed by atoms with van der Waals surface area (Å²) in [5.74, 6) is 0.378. The number of rotatable bonds is 3. The van der Waals surface area contributed by atoms with Crippen molar-refractivity contribution in [2.24, 2.45) is 5.92 Å². The van der Waals surface area contributed by atoms with Crippen molar-refractivity contribution in [1.29, 1.82) is 0 Å². The predicted molar refractivity (Wildman–Crippen MR) is 71.1 cm³/mol. The van der Waals surface area contributed by atoms with Gasteiger partial charge in [0.2, 0.25) is 0 Å². The van der Waals surface area contributed by atoms with Crippen LogP contribution in [0.5, 0.6) is 0 Å². The summed E-state index contributed by atoms with van der Waals surface area (Å²) in [6.45, 7) is 12.1. The fraction of sp³-hybridized carbons (Fsp3) is 1.00. The molecule has 1 aliphatic rings. The Bertz CT molecular complexity index is 220. The Labute approximate surface area is 102 Å². The van der Waals surface area contributed by atoms with Gasteiger partial charge in [-0.15, -0.1) is 0 Å². The number of aliphatic hydroxyl groups is 1. The highest BCUT2D eigenvalue weighted by Gasteiger charge is 2.38. The molecule has 0 radical (unpaired) electrons. The van der Waals surface area contributed by atoms with Gasteiger partial charge in [-0.25, -0.2) is 0 Å². The second-order valence-corrected chi connectivity index (χ2v) is 11.5. The standard InChI is InChI=1S/C13H28O2Si/c1-13(2,3)16(4,5)15-10-11-8-6-7-9-12(11)14/h11-12,14H,6-10H2,1-5H3. The maximum absolute atomic E-state index is 9.90. The molecule has 0 aliphatic heterocycles. The van der Waals surface area contributed by atoms with Gasteiger partial charge in [0.15, 0.2) is 8.32 Å². The van der Waals surface area contributed by atoms with Gasteiger partial charge in [-0.2, -0.15) is 0 Å². The van der Waals surface area contributed by atoms with Gasteiger partial charge in [-0.1, -0.05) is 33.6 Å². The molecule has 2 atom stereocenters. The molecular formula is C13H28O2Si. The molecule has 0 saturated heterocycles. The molecule has 0 spiro atoms. The van der Waals surface area contributed by atoms with Gasteiger partial charge in [0.1, 0.15) is 0 Å². The first-order chi connectivity index (χ1) is 7.24. The Morgan fingerprint density at radius 3 is 2.25 bits per heavy atom. The van der Waals surface area contributed by atoms with Crippen LogP contribution >= 0.6 is 0 Å². The van der Waals surface area contributed by atoms with Crippen LogP contribution in [-0.4, -0.2) is 26.1 Å². The van der Waals surface area contributed by atoms with E-state index in [2.05, 4.69) is 33.9 Å². The van der Waals surface area contributed by atoms with Crippen LogP contribution in [0.1, 0.15) is 46.5 Å². The molecular weight excluding hydrogens is 216 g/mol. The van der Waals surface area contributed by atoms with Crippen molar-refractivity contribution in [2.45, 2.75) is 70.7 Å². The molecule has 0 aromatic rings. The first-order valence-corrected chi connectivity index (χ1v) is 9.47. The van der Waals surface area contributed by atoms with Gasteiger partial charge in [0.25, 0.3) is 0 Å². The lowest BCUT2D eigenvalue weighted by atomic mass is 9.87. The Hall–Kier alpha value is 0.137. The molecule has 1 aliphatic carbocycles. The second-order valence-electron chi connectivity index (χ2n) is 6.68. The lowest BCUT2D eigenvalue weighted by molar-refractivity contribution is 0.0389. The van der Waals surface area contributed by atoms with Crippen molar-refractivity contribution >= 4 is 8.32 Å². The summed E-state index contributed by atoms with van der Waals surface area (Å²) in [6.07, 6.45) is 4.40. The van der Waals surface area contributed by atoms with Crippen LogP contribution in [0.2, 0.25) is 18.1 Å². The van der Waals surface area contributed by atoms with Crippen molar-refractivity contribution in [3.8, 4) is 0 Å². The average molecular weight is 244 g/mol. The maximum Gasteiger partial charge on any atom is 0.191 e. The summed E-state index contributed by atoms with van der Waals surface area (Å²) in [7, 11) is -1.63. The molecule has 1 fully saturated rings. The lowest BCUT2D eigenvalue weighted by Crippen LogP contribution is -2.43. The van der Waals surface area contributed by atoms with E-state index >= 15 is 0 Å². The average Bonchev–Trinajstić information content (AvgIpc) is 2.15. The third-order valence-electron chi connectivity index (χ3n) is 4.33. The first-order valence-electron chi connectivity index (χ1n) is 6.56. The minimum Gasteiger partial charge on any atom is -0.416 e. The van der Waals surface area contributed by atoms with E-state index in [9.17, 15) is 5.11 Å². The van der Waals surface area contributed by atoms with Gasteiger partial charge in [-0.05, 0) is 31.0 Å². The summed E-state index contributed by atoms with van der Waals surface area (Å²) in [5.41, 5.74) is 0. The number of hydrogen-bond acceptors (Lipinski definition) is 2. The Kier molecular flexibility index (Phi) is 4.61. The zero-order valence-corrected chi connectivity index (χ0v) is 12.5. The van der Waals surface area contributed by atoms with E-state index < -0.39 is 8.32 Å². The van der Waals surface area contributed by atoms with Gasteiger partial charge in [0.05, 0.1) is 6.10 Å². The van der Waals surface area contributed by atoms with Crippen LogP contribution < -0.4 is 0 Å². The fourth-order valence-corrected chi connectivity index (χ4v) is 2.98. The molecule has 16 heavy (non-hydrogen) atoms. The minimum atomic E-state index is -1.63. The molecule has 1 N–H and O–H groups in total. The van der Waals surface area contributed by atoms with Crippen molar-refractivity contribution in [3.05, 3.63) is 0 Å². The molecule has 2 nitrogen and oxygen atoms in total. The molecule has 2 unspecified atom stereocenters. The summed E-state index contributed by atoms with van der Waals surface area (Å²) in [4.78, 5) is 0. The molecule has 0 aromatic carbocycles. The fourth-order valence-electron chi connectivity index (χ4n) is 1.91. The van der Waals surface area contributed by atoms with Gasteiger partial charge in [-0.3, -0.25) is 0 Å². The molecule has 1 rings (SSSR count). The Morgan fingerprint density at radius 2 is 1.75 bits per heavy atom. The normalized spacial score (nSPS) is 28.1. The van der Waals surface area contributed by atoms with Crippen LogP contribution in [0.4, 0.5) is 0 Å². The summed E-state index contributed by atoms with van der Waals surface area (Å²) >= 11 is 0. The van der Waals surface area contributed by atoms with Crippen LogP contribution in [-0.2, 0) is 4.43 Å². The molecule has 0 amide bonds. The molecule has 1 saturated carbocycles. The van der Waals surface area contributed by atoms with E-state index in [0.29, 0.717) is 5.92 Å². The predicted octanol–water partition coefficient (Wildman–Crippen LogP) is 3.56. The Morgan fingerprint density at radius 1 is 1.19 bits per heavy atom. The largest absolute Gasteiger partial charge is 0.416 e. The minimum absolute atomic E-state index is 0.126. The van der Waals surface area contributed by atoms with Crippen LogP contribution in [0.15, 0.2) is 0 Å². The highest BCUT2D eigenvalue weighted by Crippen LogP contribution is 2.37. The quantitative estimate of drug-likeness (QED) is 0.769. The van der Waals surface area contributed by atoms with Crippen molar-refractivity contribution in [1.82, 2.24) is 0 Å². The maximum atomic E-state index is 9.90. The third kappa shape index (κ3) is 3.57. The van der Waals surface area contributed by atoms with Crippen molar-refractivity contribution in [2.75, 3.05) is 6.61 Å². The van der Waals surface area contributed by atoms with E-state index in [1.165, 1.54) is 12.8 Å². The van der Waals surface area contributed by atoms with Crippen molar-refractivity contribution < 1.29 is 9.53 Å². The Balaban J connectivity index is 2.44. The van der Waals surface area contributed by atoms with E-state index in [1.807, 2.05) is 0 Å². The number of aliphatic hydroxyl groups excluding tert-OH is 1. The number of hydrogen-bond donors (Lipinski definition) is 1. The lowest BCUT2D eigenvalue weighted by Gasteiger charge is -2.38. The van der Waals surface area contributed by atoms with E-state index in [1.54, 1.807) is 0 Å². The zero-order valence-electron chi connectivity index (χ0n) is 11.5. The molecule has 0 aromatic heterocycles. The summed E-state index contributed by atoms with van der Waals surface area (Å²) in [6, 6.07) is 0. The van der Waals surface area contributed by atoms with E-state index in [-0.39, 0.29) is 11.1 Å². The van der Waals surface area contributed by atoms with Crippen molar-refractivity contribution in [3.63, 3.8) is 0 Å². The zero-order chi connectivity index (χ0) is 12.4. The van der Waals surface area contributed by atoms with Gasteiger partial charge < -0.3 is 9.53 Å². The van der Waals surface area contributed by atoms with Gasteiger partial charge >= 0.3 is 0 Å². The third-order valence-corrected chi connectivity index (χ3v) is 8.83. The topological polar surface area (TPSA) is 29.5 Å². The first kappa shape index (κ1) is 14.2. The van der Waals surface area contributed by atoms with E-state index in [4.69, 9.17) is 4.43 Å². The van der Waals surface area contributed by atoms with Gasteiger partial charge in [0, 0.05) is 12.5 Å². The molecule has 0 bridgehead atoms. The molecule has 96 valence electrons. The highest BCUT2D eigenvalue weighted by molar-refractivity contribution is 6.74. The molecule has 0 heterocycles.